The second-order valence-corrected chi connectivity index (χ2v) is 4.82. The van der Waals surface area contributed by atoms with E-state index in [1.165, 1.54) is 6.07 Å². The molecule has 3 rings (SSSR count). The van der Waals surface area contributed by atoms with Gasteiger partial charge in [-0.2, -0.15) is 0 Å². The minimum absolute atomic E-state index is 0.222. The number of carbonyl (C=O) groups is 1. The Morgan fingerprint density at radius 2 is 2.10 bits per heavy atom. The summed E-state index contributed by atoms with van der Waals surface area (Å²) in [4.78, 5) is 19.6. The second-order valence-electron chi connectivity index (χ2n) is 4.82. The van der Waals surface area contributed by atoms with Gasteiger partial charge in [0.1, 0.15) is 17.5 Å². The van der Waals surface area contributed by atoms with Crippen molar-refractivity contribution in [1.29, 1.82) is 0 Å². The van der Waals surface area contributed by atoms with Crippen molar-refractivity contribution in [3.05, 3.63) is 41.7 Å². The highest BCUT2D eigenvalue weighted by Gasteiger charge is 2.27. The van der Waals surface area contributed by atoms with E-state index in [-0.39, 0.29) is 5.56 Å². The van der Waals surface area contributed by atoms with Crippen molar-refractivity contribution in [2.24, 2.45) is 0 Å². The van der Waals surface area contributed by atoms with E-state index in [0.29, 0.717) is 23.2 Å². The Kier molecular flexibility index (Phi) is 2.98. The number of anilines is 3. The molecule has 1 saturated carbocycles. The summed E-state index contributed by atoms with van der Waals surface area (Å²) in [7, 11) is 0. The summed E-state index contributed by atoms with van der Waals surface area (Å²) in [6.45, 7) is 0. The molecule has 0 radical (unpaired) electrons. The van der Waals surface area contributed by atoms with Crippen LogP contribution in [0.3, 0.4) is 0 Å². The second kappa shape index (κ2) is 4.80. The van der Waals surface area contributed by atoms with Crippen LogP contribution < -0.4 is 11.1 Å². The summed E-state index contributed by atoms with van der Waals surface area (Å²) >= 11 is 0. The van der Waals surface area contributed by atoms with Crippen LogP contribution in [0.2, 0.25) is 0 Å². The van der Waals surface area contributed by atoms with E-state index < -0.39 is 5.97 Å². The number of nitrogens with zero attached hydrogens (tertiary/aromatic N) is 2. The number of aromatic carboxylic acids is 1. The summed E-state index contributed by atoms with van der Waals surface area (Å²) in [6.07, 6.45) is 2.19. The van der Waals surface area contributed by atoms with E-state index in [9.17, 15) is 4.79 Å². The molecule has 0 saturated heterocycles. The van der Waals surface area contributed by atoms with Gasteiger partial charge in [0.2, 0.25) is 0 Å². The van der Waals surface area contributed by atoms with Crippen molar-refractivity contribution in [1.82, 2.24) is 9.97 Å². The van der Waals surface area contributed by atoms with Crippen LogP contribution in [0.15, 0.2) is 30.3 Å². The molecule has 0 aliphatic heterocycles. The first-order chi connectivity index (χ1) is 9.61. The van der Waals surface area contributed by atoms with E-state index in [0.717, 1.165) is 18.7 Å². The van der Waals surface area contributed by atoms with Gasteiger partial charge in [0.25, 0.3) is 0 Å². The fourth-order valence-electron chi connectivity index (χ4n) is 1.95. The number of nitrogen functional groups attached to an aromatic ring is 1. The topological polar surface area (TPSA) is 101 Å². The molecule has 6 heteroatoms. The SMILES string of the molecule is Nc1cc(Nc2cccc(C(=O)O)c2)nc(C2CC2)n1. The normalized spacial score (nSPS) is 14.0. The zero-order chi connectivity index (χ0) is 14.1. The average molecular weight is 270 g/mol. The molecule has 102 valence electrons. The predicted molar refractivity (Wildman–Crippen MR) is 75.1 cm³/mol. The Bertz CT molecular complexity index is 668. The average Bonchev–Trinajstić information content (AvgIpc) is 3.22. The number of nitrogens with two attached hydrogens (primary N) is 1. The van der Waals surface area contributed by atoms with Crippen molar-refractivity contribution < 1.29 is 9.90 Å². The first-order valence-corrected chi connectivity index (χ1v) is 6.36. The first-order valence-electron chi connectivity index (χ1n) is 6.36. The van der Waals surface area contributed by atoms with Gasteiger partial charge in [0.15, 0.2) is 0 Å². The molecule has 1 fully saturated rings. The molecule has 1 heterocycles. The Morgan fingerprint density at radius 3 is 2.80 bits per heavy atom. The highest BCUT2D eigenvalue weighted by atomic mass is 16.4. The Hall–Kier alpha value is -2.63. The van der Waals surface area contributed by atoms with Gasteiger partial charge >= 0.3 is 5.97 Å². The Morgan fingerprint density at radius 1 is 1.30 bits per heavy atom. The van der Waals surface area contributed by atoms with Gasteiger partial charge in [-0.1, -0.05) is 6.07 Å². The molecule has 1 aliphatic carbocycles. The predicted octanol–water partition coefficient (Wildman–Crippen LogP) is 2.38. The van der Waals surface area contributed by atoms with Crippen molar-refractivity contribution >= 4 is 23.3 Å². The van der Waals surface area contributed by atoms with Crippen LogP contribution in [0.1, 0.15) is 34.9 Å². The maximum Gasteiger partial charge on any atom is 0.335 e. The zero-order valence-corrected chi connectivity index (χ0v) is 10.7. The van der Waals surface area contributed by atoms with Crippen molar-refractivity contribution in [2.75, 3.05) is 11.1 Å². The monoisotopic (exact) mass is 270 g/mol. The van der Waals surface area contributed by atoms with Crippen LogP contribution in [0, 0.1) is 0 Å². The van der Waals surface area contributed by atoms with Gasteiger partial charge in [0.05, 0.1) is 5.56 Å². The van der Waals surface area contributed by atoms with E-state index >= 15 is 0 Å². The van der Waals surface area contributed by atoms with Gasteiger partial charge in [-0.15, -0.1) is 0 Å². The Balaban J connectivity index is 1.87. The van der Waals surface area contributed by atoms with Crippen molar-refractivity contribution in [3.8, 4) is 0 Å². The van der Waals surface area contributed by atoms with Crippen LogP contribution in [0.25, 0.3) is 0 Å². The third-order valence-corrected chi connectivity index (χ3v) is 3.09. The molecule has 4 N–H and O–H groups in total. The molecule has 6 nitrogen and oxygen atoms in total. The molecular weight excluding hydrogens is 256 g/mol. The van der Waals surface area contributed by atoms with Crippen molar-refractivity contribution in [3.63, 3.8) is 0 Å². The molecule has 1 aliphatic rings. The number of aromatic nitrogens is 2. The number of rotatable bonds is 4. The minimum atomic E-state index is -0.963. The summed E-state index contributed by atoms with van der Waals surface area (Å²) in [5.41, 5.74) is 6.65. The lowest BCUT2D eigenvalue weighted by atomic mass is 10.2. The van der Waals surface area contributed by atoms with Gasteiger partial charge in [0, 0.05) is 17.7 Å². The molecule has 1 aromatic carbocycles. The lowest BCUT2D eigenvalue weighted by Crippen LogP contribution is -2.03. The summed E-state index contributed by atoms with van der Waals surface area (Å²) in [5, 5.41) is 12.0. The summed E-state index contributed by atoms with van der Waals surface area (Å²) in [6, 6.07) is 8.19. The molecule has 1 aromatic heterocycles. The number of nitrogens with one attached hydrogen (secondary N) is 1. The lowest BCUT2D eigenvalue weighted by molar-refractivity contribution is 0.0697. The van der Waals surface area contributed by atoms with Gasteiger partial charge < -0.3 is 16.2 Å². The van der Waals surface area contributed by atoms with Crippen LogP contribution in [-0.2, 0) is 0 Å². The van der Waals surface area contributed by atoms with Crippen LogP contribution in [0.4, 0.5) is 17.3 Å². The van der Waals surface area contributed by atoms with E-state index in [2.05, 4.69) is 15.3 Å². The standard InChI is InChI=1S/C14H14N4O2/c15-11-7-12(18-13(17-11)8-4-5-8)16-10-3-1-2-9(6-10)14(19)20/h1-3,6-8H,4-5H2,(H,19,20)(H3,15,16,17,18). The highest BCUT2D eigenvalue weighted by Crippen LogP contribution is 2.38. The fourth-order valence-corrected chi connectivity index (χ4v) is 1.95. The Labute approximate surface area is 115 Å². The highest BCUT2D eigenvalue weighted by molar-refractivity contribution is 5.89. The lowest BCUT2D eigenvalue weighted by Gasteiger charge is -2.08. The molecule has 2 aromatic rings. The molecule has 0 spiro atoms. The smallest absolute Gasteiger partial charge is 0.335 e. The van der Waals surface area contributed by atoms with Crippen molar-refractivity contribution in [2.45, 2.75) is 18.8 Å². The van der Waals surface area contributed by atoms with Gasteiger partial charge in [-0.3, -0.25) is 0 Å². The molecule has 20 heavy (non-hydrogen) atoms. The van der Waals surface area contributed by atoms with E-state index in [4.69, 9.17) is 10.8 Å². The van der Waals surface area contributed by atoms with Gasteiger partial charge in [-0.25, -0.2) is 14.8 Å². The van der Waals surface area contributed by atoms with Crippen LogP contribution >= 0.6 is 0 Å². The molecule has 0 bridgehead atoms. The maximum atomic E-state index is 10.9. The first kappa shape index (κ1) is 12.4. The molecular formula is C14H14N4O2. The maximum absolute atomic E-state index is 10.9. The third kappa shape index (κ3) is 2.69. The van der Waals surface area contributed by atoms with Gasteiger partial charge in [-0.05, 0) is 31.0 Å². The number of carboxylic acid groups (broad SMARTS) is 1. The van der Waals surface area contributed by atoms with Crippen LogP contribution in [-0.4, -0.2) is 21.0 Å². The number of hydrogen-bond acceptors (Lipinski definition) is 5. The number of benzene rings is 1. The minimum Gasteiger partial charge on any atom is -0.478 e. The summed E-state index contributed by atoms with van der Waals surface area (Å²) in [5.74, 6) is 1.20. The third-order valence-electron chi connectivity index (χ3n) is 3.09. The largest absolute Gasteiger partial charge is 0.478 e. The quantitative estimate of drug-likeness (QED) is 0.788. The summed E-state index contributed by atoms with van der Waals surface area (Å²) < 4.78 is 0. The molecule has 0 amide bonds. The number of carboxylic acids is 1. The fraction of sp³-hybridized carbons (Fsp3) is 0.214. The van der Waals surface area contributed by atoms with E-state index in [1.54, 1.807) is 24.3 Å². The number of hydrogen-bond donors (Lipinski definition) is 3. The molecule has 0 unspecified atom stereocenters. The van der Waals surface area contributed by atoms with E-state index in [1.807, 2.05) is 0 Å². The zero-order valence-electron chi connectivity index (χ0n) is 10.7. The van der Waals surface area contributed by atoms with Crippen LogP contribution in [0.5, 0.6) is 0 Å². The molecule has 0 atom stereocenters.